The van der Waals surface area contributed by atoms with Gasteiger partial charge < -0.3 is 0 Å². The molecule has 0 atom stereocenters. The van der Waals surface area contributed by atoms with Crippen molar-refractivity contribution in [3.05, 3.63) is 65.2 Å². The molecule has 0 bridgehead atoms. The summed E-state index contributed by atoms with van der Waals surface area (Å²) in [4.78, 5) is 16.4. The smallest absolute Gasteiger partial charge is 0.258 e. The zero-order valence-corrected chi connectivity index (χ0v) is 12.4. The zero-order chi connectivity index (χ0) is 16.2. The number of amides is 1. The van der Waals surface area contributed by atoms with Crippen LogP contribution in [0.15, 0.2) is 48.5 Å². The van der Waals surface area contributed by atoms with Crippen LogP contribution in [0.3, 0.4) is 0 Å². The van der Waals surface area contributed by atoms with E-state index in [0.29, 0.717) is 17.0 Å². The molecule has 0 unspecified atom stereocenters. The molecule has 2 aromatic carbocycles. The third-order valence-corrected chi connectivity index (χ3v) is 3.31. The first-order valence-electron chi connectivity index (χ1n) is 6.96. The fourth-order valence-electron chi connectivity index (χ4n) is 2.03. The van der Waals surface area contributed by atoms with Crippen molar-refractivity contribution in [2.24, 2.45) is 0 Å². The average molecular weight is 303 g/mol. The SMILES string of the molecule is Cc1ccc(-c2nc(NC(=O)c3ccc(C#N)cc3)n[nH]2)cc1. The van der Waals surface area contributed by atoms with Gasteiger partial charge in [0.2, 0.25) is 5.95 Å². The quantitative estimate of drug-likeness (QED) is 0.777. The van der Waals surface area contributed by atoms with Crippen LogP contribution in [0.4, 0.5) is 5.95 Å². The molecule has 0 aliphatic carbocycles. The molecule has 0 spiro atoms. The molecule has 0 aliphatic heterocycles. The van der Waals surface area contributed by atoms with Crippen molar-refractivity contribution in [1.29, 1.82) is 5.26 Å². The van der Waals surface area contributed by atoms with Crippen molar-refractivity contribution < 1.29 is 4.79 Å². The van der Waals surface area contributed by atoms with E-state index in [4.69, 9.17) is 5.26 Å². The Morgan fingerprint density at radius 2 is 1.83 bits per heavy atom. The fraction of sp³-hybridized carbons (Fsp3) is 0.0588. The van der Waals surface area contributed by atoms with Gasteiger partial charge in [-0.25, -0.2) is 0 Å². The second kappa shape index (κ2) is 6.12. The molecule has 0 saturated carbocycles. The standard InChI is InChI=1S/C17H13N5O/c1-11-2-6-13(7-3-11)15-19-17(22-21-15)20-16(23)14-8-4-12(10-18)5-9-14/h2-9H,1H3,(H2,19,20,21,22,23). The van der Waals surface area contributed by atoms with Crippen LogP contribution in [0, 0.1) is 18.3 Å². The monoisotopic (exact) mass is 303 g/mol. The maximum atomic E-state index is 12.1. The summed E-state index contributed by atoms with van der Waals surface area (Å²) in [6.45, 7) is 2.01. The number of nitrogens with zero attached hydrogens (tertiary/aromatic N) is 3. The number of aromatic nitrogens is 3. The van der Waals surface area contributed by atoms with Gasteiger partial charge in [0.1, 0.15) is 0 Å². The number of aryl methyl sites for hydroxylation is 1. The molecule has 112 valence electrons. The highest BCUT2D eigenvalue weighted by Gasteiger charge is 2.10. The van der Waals surface area contributed by atoms with Gasteiger partial charge >= 0.3 is 0 Å². The highest BCUT2D eigenvalue weighted by Crippen LogP contribution is 2.16. The van der Waals surface area contributed by atoms with E-state index in [2.05, 4.69) is 20.5 Å². The van der Waals surface area contributed by atoms with E-state index < -0.39 is 0 Å². The topological polar surface area (TPSA) is 94.5 Å². The lowest BCUT2D eigenvalue weighted by Crippen LogP contribution is -2.12. The molecular weight excluding hydrogens is 290 g/mol. The van der Waals surface area contributed by atoms with Gasteiger partial charge in [0.25, 0.3) is 5.91 Å². The number of aromatic amines is 1. The first-order valence-corrected chi connectivity index (χ1v) is 6.96. The molecule has 0 fully saturated rings. The normalized spacial score (nSPS) is 10.1. The minimum absolute atomic E-state index is 0.204. The Hall–Kier alpha value is -3.46. The lowest BCUT2D eigenvalue weighted by Gasteiger charge is -2.00. The maximum absolute atomic E-state index is 12.1. The van der Waals surface area contributed by atoms with E-state index in [-0.39, 0.29) is 11.9 Å². The van der Waals surface area contributed by atoms with Gasteiger partial charge in [0.15, 0.2) is 5.82 Å². The Morgan fingerprint density at radius 3 is 2.48 bits per heavy atom. The Bertz CT molecular complexity index is 873. The number of rotatable bonds is 3. The number of benzene rings is 2. The van der Waals surface area contributed by atoms with Gasteiger partial charge in [-0.2, -0.15) is 10.2 Å². The summed E-state index contributed by atoms with van der Waals surface area (Å²) in [5, 5.41) is 18.2. The molecule has 23 heavy (non-hydrogen) atoms. The molecule has 2 N–H and O–H groups in total. The van der Waals surface area contributed by atoms with Crippen molar-refractivity contribution in [3.8, 4) is 17.5 Å². The van der Waals surface area contributed by atoms with Gasteiger partial charge in [-0.15, -0.1) is 5.10 Å². The number of nitrogens with one attached hydrogen (secondary N) is 2. The minimum Gasteiger partial charge on any atom is -0.289 e. The Morgan fingerprint density at radius 1 is 1.13 bits per heavy atom. The van der Waals surface area contributed by atoms with E-state index in [0.717, 1.165) is 11.1 Å². The largest absolute Gasteiger partial charge is 0.289 e. The summed E-state index contributed by atoms with van der Waals surface area (Å²) in [6, 6.07) is 16.2. The molecule has 0 radical (unpaired) electrons. The number of carbonyl (C=O) groups excluding carboxylic acids is 1. The van der Waals surface area contributed by atoms with Crippen molar-refractivity contribution >= 4 is 11.9 Å². The van der Waals surface area contributed by atoms with Gasteiger partial charge in [-0.3, -0.25) is 15.2 Å². The number of H-pyrrole nitrogens is 1. The molecule has 1 heterocycles. The van der Waals surface area contributed by atoms with E-state index in [1.807, 2.05) is 37.3 Å². The van der Waals surface area contributed by atoms with Crippen LogP contribution in [0.1, 0.15) is 21.5 Å². The van der Waals surface area contributed by atoms with E-state index in [1.165, 1.54) is 0 Å². The van der Waals surface area contributed by atoms with E-state index in [9.17, 15) is 4.79 Å². The molecule has 6 nitrogen and oxygen atoms in total. The second-order valence-electron chi connectivity index (χ2n) is 5.02. The molecule has 3 aromatic rings. The van der Waals surface area contributed by atoms with Gasteiger partial charge in [0, 0.05) is 11.1 Å². The van der Waals surface area contributed by atoms with Crippen LogP contribution in [-0.2, 0) is 0 Å². The average Bonchev–Trinajstić information content (AvgIpc) is 3.04. The number of nitriles is 1. The number of hydrogen-bond donors (Lipinski definition) is 2. The van der Waals surface area contributed by atoms with Gasteiger partial charge in [-0.05, 0) is 31.2 Å². The molecule has 0 aliphatic rings. The van der Waals surface area contributed by atoms with Crippen molar-refractivity contribution in [2.75, 3.05) is 5.32 Å². The Balaban J connectivity index is 1.74. The summed E-state index contributed by atoms with van der Waals surface area (Å²) in [5.41, 5.74) is 2.98. The van der Waals surface area contributed by atoms with Crippen molar-refractivity contribution in [2.45, 2.75) is 6.92 Å². The van der Waals surface area contributed by atoms with Crippen LogP contribution in [0.5, 0.6) is 0 Å². The Labute approximate surface area is 132 Å². The minimum atomic E-state index is -0.330. The third kappa shape index (κ3) is 3.24. The first-order chi connectivity index (χ1) is 11.2. The Kier molecular flexibility index (Phi) is 3.85. The van der Waals surface area contributed by atoms with E-state index >= 15 is 0 Å². The van der Waals surface area contributed by atoms with Gasteiger partial charge in [-0.1, -0.05) is 29.8 Å². The van der Waals surface area contributed by atoms with Crippen LogP contribution in [0.25, 0.3) is 11.4 Å². The van der Waals surface area contributed by atoms with Crippen LogP contribution >= 0.6 is 0 Å². The predicted molar refractivity (Wildman–Crippen MR) is 85.7 cm³/mol. The molecular formula is C17H13N5O. The first kappa shape index (κ1) is 14.5. The highest BCUT2D eigenvalue weighted by atomic mass is 16.1. The fourth-order valence-corrected chi connectivity index (χ4v) is 2.03. The molecule has 6 heteroatoms. The lowest BCUT2D eigenvalue weighted by atomic mass is 10.1. The number of anilines is 1. The summed E-state index contributed by atoms with van der Waals surface area (Å²) in [6.07, 6.45) is 0. The summed E-state index contributed by atoms with van der Waals surface area (Å²) in [7, 11) is 0. The van der Waals surface area contributed by atoms with Crippen molar-refractivity contribution in [3.63, 3.8) is 0 Å². The third-order valence-electron chi connectivity index (χ3n) is 3.31. The van der Waals surface area contributed by atoms with Crippen LogP contribution in [0.2, 0.25) is 0 Å². The zero-order valence-electron chi connectivity index (χ0n) is 12.4. The molecule has 3 rings (SSSR count). The van der Waals surface area contributed by atoms with E-state index in [1.54, 1.807) is 24.3 Å². The maximum Gasteiger partial charge on any atom is 0.258 e. The predicted octanol–water partition coefficient (Wildman–Crippen LogP) is 2.90. The molecule has 0 saturated heterocycles. The number of hydrogen-bond acceptors (Lipinski definition) is 4. The second-order valence-corrected chi connectivity index (χ2v) is 5.02. The molecule has 1 amide bonds. The summed E-state index contributed by atoms with van der Waals surface area (Å²) >= 11 is 0. The van der Waals surface area contributed by atoms with Crippen molar-refractivity contribution in [1.82, 2.24) is 15.2 Å². The van der Waals surface area contributed by atoms with Crippen LogP contribution < -0.4 is 5.32 Å². The van der Waals surface area contributed by atoms with Crippen LogP contribution in [-0.4, -0.2) is 21.1 Å². The molecule has 1 aromatic heterocycles. The highest BCUT2D eigenvalue weighted by molar-refractivity contribution is 6.03. The summed E-state index contributed by atoms with van der Waals surface area (Å²) in [5.74, 6) is 0.457. The van der Waals surface area contributed by atoms with Gasteiger partial charge in [0.05, 0.1) is 11.6 Å². The number of carbonyl (C=O) groups is 1. The lowest BCUT2D eigenvalue weighted by molar-refractivity contribution is 0.102. The summed E-state index contributed by atoms with van der Waals surface area (Å²) < 4.78 is 0.